The van der Waals surface area contributed by atoms with E-state index in [1.165, 1.54) is 0 Å². The van der Waals surface area contributed by atoms with Crippen LogP contribution in [0.4, 0.5) is 0 Å². The topological polar surface area (TPSA) is 59.3 Å². The monoisotopic (exact) mass is 192 g/mol. The van der Waals surface area contributed by atoms with Gasteiger partial charge in [-0.2, -0.15) is 5.10 Å². The van der Waals surface area contributed by atoms with E-state index in [0.29, 0.717) is 5.84 Å². The molecule has 1 amide bonds. The Kier molecular flexibility index (Phi) is 2.07. The Morgan fingerprint density at radius 3 is 2.93 bits per heavy atom. The summed E-state index contributed by atoms with van der Waals surface area (Å²) in [4.78, 5) is 15.6. The number of nitrogens with one attached hydrogen (secondary N) is 1. The van der Waals surface area contributed by atoms with E-state index in [1.807, 2.05) is 20.2 Å². The molecule has 1 N–H and O–H groups in total. The summed E-state index contributed by atoms with van der Waals surface area (Å²) in [6.45, 7) is 1.94. The van der Waals surface area contributed by atoms with Crippen molar-refractivity contribution in [1.29, 1.82) is 0 Å². The van der Waals surface area contributed by atoms with Crippen LogP contribution in [-0.4, -0.2) is 27.6 Å². The fourth-order valence-electron chi connectivity index (χ4n) is 1.41. The first kappa shape index (κ1) is 8.93. The molecule has 1 aromatic heterocycles. The van der Waals surface area contributed by atoms with Gasteiger partial charge in [-0.1, -0.05) is 6.92 Å². The van der Waals surface area contributed by atoms with E-state index in [1.54, 1.807) is 10.9 Å². The molecule has 1 atom stereocenters. The van der Waals surface area contributed by atoms with Crippen molar-refractivity contribution in [3.05, 3.63) is 18.0 Å². The third-order valence-corrected chi connectivity index (χ3v) is 2.19. The van der Waals surface area contributed by atoms with Crippen LogP contribution in [0.5, 0.6) is 0 Å². The van der Waals surface area contributed by atoms with Crippen LogP contribution in [0.25, 0.3) is 0 Å². The third-order valence-electron chi connectivity index (χ3n) is 2.19. The average Bonchev–Trinajstić information content (AvgIpc) is 2.71. The number of carbonyl (C=O) groups is 1. The molecule has 0 fully saturated rings. The highest BCUT2D eigenvalue weighted by atomic mass is 16.2. The Morgan fingerprint density at radius 1 is 1.64 bits per heavy atom. The highest BCUT2D eigenvalue weighted by Crippen LogP contribution is 2.09. The Labute approximate surface area is 81.8 Å². The van der Waals surface area contributed by atoms with Crippen LogP contribution in [0.1, 0.15) is 18.9 Å². The highest BCUT2D eigenvalue weighted by molar-refractivity contribution is 6.13. The maximum absolute atomic E-state index is 11.3. The van der Waals surface area contributed by atoms with Gasteiger partial charge in [0, 0.05) is 13.2 Å². The van der Waals surface area contributed by atoms with Crippen molar-refractivity contribution in [2.24, 2.45) is 12.0 Å². The first-order chi connectivity index (χ1) is 6.70. The molecule has 5 heteroatoms. The van der Waals surface area contributed by atoms with Crippen LogP contribution >= 0.6 is 0 Å². The molecule has 2 heterocycles. The number of aliphatic imine (C=N–C) groups is 1. The van der Waals surface area contributed by atoms with Gasteiger partial charge in [-0.15, -0.1) is 0 Å². The molecule has 0 aliphatic carbocycles. The van der Waals surface area contributed by atoms with Gasteiger partial charge in [-0.3, -0.25) is 14.5 Å². The molecule has 5 nitrogen and oxygen atoms in total. The van der Waals surface area contributed by atoms with Gasteiger partial charge in [0.15, 0.2) is 0 Å². The molecule has 1 aromatic rings. The average molecular weight is 192 g/mol. The van der Waals surface area contributed by atoms with Gasteiger partial charge in [-0.05, 0) is 6.42 Å². The van der Waals surface area contributed by atoms with Gasteiger partial charge < -0.3 is 5.32 Å². The zero-order valence-electron chi connectivity index (χ0n) is 8.19. The predicted molar refractivity (Wildman–Crippen MR) is 52.0 cm³/mol. The van der Waals surface area contributed by atoms with E-state index in [2.05, 4.69) is 15.4 Å². The molecule has 74 valence electrons. The molecule has 0 saturated carbocycles. The number of rotatable bonds is 2. The smallest absolute Gasteiger partial charge is 0.250 e. The number of aryl methyl sites for hydroxylation is 1. The van der Waals surface area contributed by atoms with Crippen molar-refractivity contribution in [1.82, 2.24) is 15.1 Å². The molecule has 0 radical (unpaired) electrons. The molecule has 1 aliphatic heterocycles. The third kappa shape index (κ3) is 1.41. The maximum atomic E-state index is 11.3. The second kappa shape index (κ2) is 3.25. The van der Waals surface area contributed by atoms with Crippen molar-refractivity contribution < 1.29 is 4.79 Å². The fourth-order valence-corrected chi connectivity index (χ4v) is 1.41. The molecular formula is C9H12N4O. The number of hydrogen-bond acceptors (Lipinski definition) is 3. The molecule has 0 saturated heterocycles. The van der Waals surface area contributed by atoms with E-state index < -0.39 is 0 Å². The summed E-state index contributed by atoms with van der Waals surface area (Å²) >= 11 is 0. The highest BCUT2D eigenvalue weighted by Gasteiger charge is 2.25. The summed E-state index contributed by atoms with van der Waals surface area (Å²) < 4.78 is 1.68. The van der Waals surface area contributed by atoms with Crippen LogP contribution in [-0.2, 0) is 11.8 Å². The van der Waals surface area contributed by atoms with Crippen molar-refractivity contribution in [3.63, 3.8) is 0 Å². The number of amides is 1. The molecule has 14 heavy (non-hydrogen) atoms. The van der Waals surface area contributed by atoms with E-state index in [-0.39, 0.29) is 11.9 Å². The maximum Gasteiger partial charge on any atom is 0.250 e. The fraction of sp³-hybridized carbons (Fsp3) is 0.444. The summed E-state index contributed by atoms with van der Waals surface area (Å²) in [5.41, 5.74) is 0.858. The van der Waals surface area contributed by atoms with Gasteiger partial charge in [0.25, 0.3) is 0 Å². The van der Waals surface area contributed by atoms with Gasteiger partial charge in [0.2, 0.25) is 5.91 Å². The number of carbonyl (C=O) groups excluding carboxylic acids is 1. The van der Waals surface area contributed by atoms with Crippen molar-refractivity contribution in [2.75, 3.05) is 0 Å². The zero-order valence-corrected chi connectivity index (χ0v) is 8.19. The summed E-state index contributed by atoms with van der Waals surface area (Å²) in [7, 11) is 1.83. The molecule has 0 bridgehead atoms. The quantitative estimate of drug-likeness (QED) is 0.721. The van der Waals surface area contributed by atoms with Crippen molar-refractivity contribution >= 4 is 11.7 Å². The summed E-state index contributed by atoms with van der Waals surface area (Å²) in [6.07, 6.45) is 4.25. The lowest BCUT2D eigenvalue weighted by Crippen LogP contribution is -2.28. The first-order valence-electron chi connectivity index (χ1n) is 4.58. The zero-order chi connectivity index (χ0) is 10.1. The molecule has 1 unspecified atom stereocenters. The summed E-state index contributed by atoms with van der Waals surface area (Å²) in [5.74, 6) is 0.612. The van der Waals surface area contributed by atoms with Gasteiger partial charge >= 0.3 is 0 Å². The number of nitrogens with zero attached hydrogens (tertiary/aromatic N) is 3. The SMILES string of the molecule is CCC1N=C(c2cnn(C)c2)NC1=O. The Hall–Kier alpha value is -1.65. The Balaban J connectivity index is 2.25. The number of hydrogen-bond donors (Lipinski definition) is 1. The minimum absolute atomic E-state index is 0.0219. The lowest BCUT2D eigenvalue weighted by Gasteiger charge is -1.96. The lowest BCUT2D eigenvalue weighted by molar-refractivity contribution is -0.120. The number of amidine groups is 1. The van der Waals surface area contributed by atoms with E-state index >= 15 is 0 Å². The molecule has 1 aliphatic rings. The normalized spacial score (nSPS) is 20.9. The van der Waals surface area contributed by atoms with Gasteiger partial charge in [0.05, 0.1) is 11.8 Å². The second-order valence-corrected chi connectivity index (χ2v) is 3.29. The first-order valence-corrected chi connectivity index (χ1v) is 4.58. The number of aromatic nitrogens is 2. The lowest BCUT2D eigenvalue weighted by atomic mass is 10.2. The molecular weight excluding hydrogens is 180 g/mol. The van der Waals surface area contributed by atoms with Crippen LogP contribution in [0, 0.1) is 0 Å². The molecule has 0 spiro atoms. The largest absolute Gasteiger partial charge is 0.309 e. The van der Waals surface area contributed by atoms with E-state index in [0.717, 1.165) is 12.0 Å². The van der Waals surface area contributed by atoms with Crippen LogP contribution < -0.4 is 5.32 Å². The van der Waals surface area contributed by atoms with Crippen LogP contribution in [0.15, 0.2) is 17.4 Å². The minimum atomic E-state index is -0.231. The summed E-state index contributed by atoms with van der Waals surface area (Å²) in [6, 6.07) is -0.231. The Bertz CT molecular complexity index is 393. The Morgan fingerprint density at radius 2 is 2.43 bits per heavy atom. The van der Waals surface area contributed by atoms with Crippen LogP contribution in [0.2, 0.25) is 0 Å². The van der Waals surface area contributed by atoms with Crippen molar-refractivity contribution in [3.8, 4) is 0 Å². The van der Waals surface area contributed by atoms with E-state index in [9.17, 15) is 4.79 Å². The molecule has 0 aromatic carbocycles. The second-order valence-electron chi connectivity index (χ2n) is 3.29. The van der Waals surface area contributed by atoms with Crippen LogP contribution in [0.3, 0.4) is 0 Å². The van der Waals surface area contributed by atoms with Gasteiger partial charge in [0.1, 0.15) is 11.9 Å². The van der Waals surface area contributed by atoms with Gasteiger partial charge in [-0.25, -0.2) is 0 Å². The van der Waals surface area contributed by atoms with Crippen molar-refractivity contribution in [2.45, 2.75) is 19.4 Å². The van der Waals surface area contributed by atoms with E-state index in [4.69, 9.17) is 0 Å². The predicted octanol–water partition coefficient (Wildman–Crippen LogP) is 0.0751. The summed E-state index contributed by atoms with van der Waals surface area (Å²) in [5, 5.41) is 6.76. The minimum Gasteiger partial charge on any atom is -0.309 e. The standard InChI is InChI=1S/C9H12N4O/c1-3-7-9(14)12-8(11-7)6-4-10-13(2)5-6/h4-5,7H,3H2,1-2H3,(H,11,12,14). The molecule has 2 rings (SSSR count).